The van der Waals surface area contributed by atoms with E-state index in [1.807, 2.05) is 13.0 Å². The Kier molecular flexibility index (Phi) is 4.70. The highest BCUT2D eigenvalue weighted by Gasteiger charge is 2.33. The van der Waals surface area contributed by atoms with Crippen LogP contribution in [0.5, 0.6) is 0 Å². The molecule has 0 spiro atoms. The van der Waals surface area contributed by atoms with Gasteiger partial charge in [0, 0.05) is 0 Å². The number of carbonyl (C=O) groups excluding carboxylic acids is 2. The van der Waals surface area contributed by atoms with Crippen LogP contribution in [0.15, 0.2) is 23.1 Å². The molecule has 0 aromatic heterocycles. The van der Waals surface area contributed by atoms with Crippen LogP contribution < -0.4 is 0 Å². The monoisotopic (exact) mass is 257 g/mol. The van der Waals surface area contributed by atoms with Crippen molar-refractivity contribution in [3.8, 4) is 0 Å². The summed E-state index contributed by atoms with van der Waals surface area (Å²) in [5.74, 6) is -0.734. The summed E-state index contributed by atoms with van der Waals surface area (Å²) in [6.45, 7) is 1.72. The SMILES string of the molecule is CC=C/C=C1/SC(=S)N(CC(=O)OC)C1=O. The molecule has 0 unspecified atom stereocenters. The summed E-state index contributed by atoms with van der Waals surface area (Å²) < 4.78 is 4.87. The minimum Gasteiger partial charge on any atom is -0.468 e. The maximum atomic E-state index is 11.8. The first kappa shape index (κ1) is 12.9. The molecule has 0 N–H and O–H groups in total. The van der Waals surface area contributed by atoms with E-state index in [9.17, 15) is 9.59 Å². The quantitative estimate of drug-likeness (QED) is 0.435. The zero-order chi connectivity index (χ0) is 12.1. The molecule has 1 amide bonds. The molecule has 0 bridgehead atoms. The van der Waals surface area contributed by atoms with Gasteiger partial charge in [0.2, 0.25) is 0 Å². The van der Waals surface area contributed by atoms with Crippen molar-refractivity contribution in [2.24, 2.45) is 0 Å². The van der Waals surface area contributed by atoms with Gasteiger partial charge < -0.3 is 4.74 Å². The highest BCUT2D eigenvalue weighted by molar-refractivity contribution is 8.26. The van der Waals surface area contributed by atoms with Gasteiger partial charge in [0.25, 0.3) is 5.91 Å². The number of hydrogen-bond acceptors (Lipinski definition) is 5. The number of esters is 1. The molecule has 0 radical (unpaired) electrons. The standard InChI is InChI=1S/C10H11NO3S2/c1-3-4-5-7-9(13)11(10(15)16-7)6-8(12)14-2/h3-5H,6H2,1-2H3/b4-3?,7-5+. The van der Waals surface area contributed by atoms with Crippen LogP contribution in [0.2, 0.25) is 0 Å². The van der Waals surface area contributed by atoms with Crippen LogP contribution in [-0.2, 0) is 14.3 Å². The van der Waals surface area contributed by atoms with Crippen LogP contribution >= 0.6 is 24.0 Å². The normalized spacial score (nSPS) is 18.9. The van der Waals surface area contributed by atoms with Gasteiger partial charge in [-0.1, -0.05) is 36.1 Å². The second-order valence-electron chi connectivity index (χ2n) is 2.89. The number of thioether (sulfide) groups is 1. The predicted octanol–water partition coefficient (Wildman–Crippen LogP) is 1.48. The molecule has 16 heavy (non-hydrogen) atoms. The molecule has 1 rings (SSSR count). The van der Waals surface area contributed by atoms with E-state index in [2.05, 4.69) is 4.74 Å². The van der Waals surface area contributed by atoms with Gasteiger partial charge in [-0.15, -0.1) is 0 Å². The molecule has 0 atom stereocenters. The largest absolute Gasteiger partial charge is 0.468 e. The van der Waals surface area contributed by atoms with E-state index in [1.54, 1.807) is 12.2 Å². The van der Waals surface area contributed by atoms with Crippen LogP contribution in [0.1, 0.15) is 6.92 Å². The zero-order valence-electron chi connectivity index (χ0n) is 8.93. The first-order valence-corrected chi connectivity index (χ1v) is 5.76. The minimum absolute atomic E-state index is 0.131. The summed E-state index contributed by atoms with van der Waals surface area (Å²) in [4.78, 5) is 24.6. The van der Waals surface area contributed by atoms with E-state index in [4.69, 9.17) is 12.2 Å². The van der Waals surface area contributed by atoms with Gasteiger partial charge in [0.1, 0.15) is 10.9 Å². The van der Waals surface area contributed by atoms with Crippen molar-refractivity contribution >= 4 is 40.2 Å². The average molecular weight is 257 g/mol. The van der Waals surface area contributed by atoms with Gasteiger partial charge in [-0.2, -0.15) is 0 Å². The van der Waals surface area contributed by atoms with Crippen LogP contribution in [-0.4, -0.2) is 34.8 Å². The first-order chi connectivity index (χ1) is 7.60. The second kappa shape index (κ2) is 5.81. The van der Waals surface area contributed by atoms with E-state index in [1.165, 1.54) is 23.8 Å². The zero-order valence-corrected chi connectivity index (χ0v) is 10.6. The van der Waals surface area contributed by atoms with E-state index in [0.29, 0.717) is 9.23 Å². The van der Waals surface area contributed by atoms with E-state index in [-0.39, 0.29) is 12.5 Å². The number of amides is 1. The smallest absolute Gasteiger partial charge is 0.325 e. The fraction of sp³-hybridized carbons (Fsp3) is 0.300. The molecule has 86 valence electrons. The third kappa shape index (κ3) is 2.93. The number of allylic oxidation sites excluding steroid dienone is 3. The Balaban J connectivity index is 2.79. The lowest BCUT2D eigenvalue weighted by Crippen LogP contribution is -2.33. The van der Waals surface area contributed by atoms with Crippen molar-refractivity contribution in [1.29, 1.82) is 0 Å². The number of thiocarbonyl (C=S) groups is 1. The number of hydrogen-bond donors (Lipinski definition) is 0. The Morgan fingerprint density at radius 2 is 2.31 bits per heavy atom. The number of rotatable bonds is 3. The van der Waals surface area contributed by atoms with E-state index >= 15 is 0 Å². The molecule has 1 aliphatic heterocycles. The third-order valence-corrected chi connectivity index (χ3v) is 3.22. The molecule has 0 saturated carbocycles. The minimum atomic E-state index is -0.483. The van der Waals surface area contributed by atoms with Crippen LogP contribution in [0.4, 0.5) is 0 Å². The molecule has 0 aliphatic carbocycles. The Morgan fingerprint density at radius 3 is 2.88 bits per heavy atom. The molecular weight excluding hydrogens is 246 g/mol. The lowest BCUT2D eigenvalue weighted by molar-refractivity contribution is -0.143. The lowest BCUT2D eigenvalue weighted by Gasteiger charge is -2.11. The van der Waals surface area contributed by atoms with Gasteiger partial charge in [0.15, 0.2) is 0 Å². The second-order valence-corrected chi connectivity index (χ2v) is 4.57. The van der Waals surface area contributed by atoms with Crippen molar-refractivity contribution in [2.45, 2.75) is 6.92 Å². The number of nitrogens with zero attached hydrogens (tertiary/aromatic N) is 1. The van der Waals surface area contributed by atoms with E-state index < -0.39 is 5.97 Å². The maximum Gasteiger partial charge on any atom is 0.325 e. The van der Waals surface area contributed by atoms with Crippen molar-refractivity contribution < 1.29 is 14.3 Å². The molecule has 1 aliphatic rings. The summed E-state index contributed by atoms with van der Waals surface area (Å²) in [5.41, 5.74) is 0. The van der Waals surface area contributed by atoms with Crippen molar-refractivity contribution in [2.75, 3.05) is 13.7 Å². The maximum absolute atomic E-state index is 11.8. The number of methoxy groups -OCH3 is 1. The summed E-state index contributed by atoms with van der Waals surface area (Å²) >= 11 is 6.19. The van der Waals surface area contributed by atoms with Crippen LogP contribution in [0.3, 0.4) is 0 Å². The first-order valence-electron chi connectivity index (χ1n) is 4.53. The molecular formula is C10H11NO3S2. The van der Waals surface area contributed by atoms with Gasteiger partial charge in [-0.3, -0.25) is 14.5 Å². The predicted molar refractivity (Wildman–Crippen MR) is 66.8 cm³/mol. The third-order valence-electron chi connectivity index (χ3n) is 1.83. The molecule has 1 saturated heterocycles. The molecule has 1 fully saturated rings. The topological polar surface area (TPSA) is 46.6 Å². The van der Waals surface area contributed by atoms with Crippen LogP contribution in [0, 0.1) is 0 Å². The molecule has 4 nitrogen and oxygen atoms in total. The van der Waals surface area contributed by atoms with Gasteiger partial charge >= 0.3 is 5.97 Å². The molecule has 0 aromatic carbocycles. The fourth-order valence-electron chi connectivity index (χ4n) is 1.03. The Morgan fingerprint density at radius 1 is 1.62 bits per heavy atom. The molecule has 1 heterocycles. The Bertz CT molecular complexity index is 388. The van der Waals surface area contributed by atoms with Gasteiger partial charge in [-0.25, -0.2) is 0 Å². The highest BCUT2D eigenvalue weighted by atomic mass is 32.2. The van der Waals surface area contributed by atoms with Crippen LogP contribution in [0.25, 0.3) is 0 Å². The molecule has 0 aromatic rings. The van der Waals surface area contributed by atoms with Crippen molar-refractivity contribution in [1.82, 2.24) is 4.90 Å². The van der Waals surface area contributed by atoms with Crippen molar-refractivity contribution in [3.05, 3.63) is 23.1 Å². The van der Waals surface area contributed by atoms with Gasteiger partial charge in [-0.05, 0) is 13.0 Å². The Hall–Kier alpha value is -1.14. The summed E-state index contributed by atoms with van der Waals surface area (Å²) in [5, 5.41) is 0. The Labute approximate surface area is 103 Å². The van der Waals surface area contributed by atoms with E-state index in [0.717, 1.165) is 0 Å². The summed E-state index contributed by atoms with van der Waals surface area (Å²) in [7, 11) is 1.27. The van der Waals surface area contributed by atoms with Crippen molar-refractivity contribution in [3.63, 3.8) is 0 Å². The number of ether oxygens (including phenoxy) is 1. The number of carbonyl (C=O) groups is 2. The lowest BCUT2D eigenvalue weighted by atomic mass is 10.4. The summed E-state index contributed by atoms with van der Waals surface area (Å²) in [6.07, 6.45) is 5.24. The fourth-order valence-corrected chi connectivity index (χ4v) is 2.23. The highest BCUT2D eigenvalue weighted by Crippen LogP contribution is 2.30. The summed E-state index contributed by atoms with van der Waals surface area (Å²) in [6, 6.07) is 0. The van der Waals surface area contributed by atoms with Gasteiger partial charge in [0.05, 0.1) is 12.0 Å². The average Bonchev–Trinajstić information content (AvgIpc) is 2.53. The molecule has 6 heteroatoms.